The summed E-state index contributed by atoms with van der Waals surface area (Å²) in [6.07, 6.45) is 16.8. The summed E-state index contributed by atoms with van der Waals surface area (Å²) in [6.45, 7) is 16.4. The minimum Gasteiger partial charge on any atom is -0.410 e. The largest absolute Gasteiger partial charge is 0.410 e. The molecule has 0 spiro atoms. The second kappa shape index (κ2) is 10.2. The van der Waals surface area contributed by atoms with E-state index in [1.54, 1.807) is 0 Å². The van der Waals surface area contributed by atoms with Gasteiger partial charge in [-0.25, -0.2) is 0 Å². The SMILES string of the molecule is CCCCCCCCCC[C@@H]1C=C(C)[C@@H](O[Si](C)(C)C(C)(C)C)C1. The zero-order valence-corrected chi connectivity index (χ0v) is 18.7. The maximum atomic E-state index is 6.66. The van der Waals surface area contributed by atoms with Crippen LogP contribution in [0.15, 0.2) is 11.6 Å². The number of allylic oxidation sites excluding steroid dienone is 1. The molecule has 0 amide bonds. The van der Waals surface area contributed by atoms with Gasteiger partial charge in [-0.05, 0) is 49.4 Å². The van der Waals surface area contributed by atoms with Gasteiger partial charge in [0.25, 0.3) is 0 Å². The fourth-order valence-electron chi connectivity index (χ4n) is 3.42. The van der Waals surface area contributed by atoms with Crippen molar-refractivity contribution < 1.29 is 4.43 Å². The summed E-state index contributed by atoms with van der Waals surface area (Å²) in [5.41, 5.74) is 1.49. The summed E-state index contributed by atoms with van der Waals surface area (Å²) in [7, 11) is -1.64. The lowest BCUT2D eigenvalue weighted by molar-refractivity contribution is 0.201. The third-order valence-corrected chi connectivity index (χ3v) is 10.7. The highest BCUT2D eigenvalue weighted by Crippen LogP contribution is 2.41. The summed E-state index contributed by atoms with van der Waals surface area (Å²) >= 11 is 0. The Hall–Kier alpha value is -0.0831. The Bertz CT molecular complexity index is 378. The van der Waals surface area contributed by atoms with E-state index in [1.807, 2.05) is 0 Å². The highest BCUT2D eigenvalue weighted by atomic mass is 28.4. The molecule has 0 radical (unpaired) electrons. The molecule has 0 aromatic carbocycles. The van der Waals surface area contributed by atoms with E-state index in [-0.39, 0.29) is 0 Å². The molecule has 0 saturated heterocycles. The fraction of sp³-hybridized carbons (Fsp3) is 0.909. The summed E-state index contributed by atoms with van der Waals surface area (Å²) < 4.78 is 6.66. The summed E-state index contributed by atoms with van der Waals surface area (Å²) in [5, 5.41) is 0.309. The van der Waals surface area contributed by atoms with E-state index in [0.717, 1.165) is 5.92 Å². The van der Waals surface area contributed by atoms with Gasteiger partial charge < -0.3 is 4.43 Å². The maximum Gasteiger partial charge on any atom is 0.192 e. The first-order valence-corrected chi connectivity index (χ1v) is 13.4. The Morgan fingerprint density at radius 2 is 1.54 bits per heavy atom. The molecule has 0 fully saturated rings. The van der Waals surface area contributed by atoms with Crippen LogP contribution in [-0.2, 0) is 4.43 Å². The molecule has 1 rings (SSSR count). The molecule has 2 atom stereocenters. The third-order valence-electron chi connectivity index (χ3n) is 6.19. The van der Waals surface area contributed by atoms with E-state index in [2.05, 4.69) is 53.8 Å². The third kappa shape index (κ3) is 7.43. The predicted molar refractivity (Wildman–Crippen MR) is 111 cm³/mol. The van der Waals surface area contributed by atoms with E-state index < -0.39 is 8.32 Å². The molecule has 0 heterocycles. The Kier molecular flexibility index (Phi) is 9.30. The molecule has 0 aromatic rings. The molecule has 0 aromatic heterocycles. The molecule has 1 aliphatic carbocycles. The second-order valence-electron chi connectivity index (χ2n) is 9.54. The van der Waals surface area contributed by atoms with Crippen molar-refractivity contribution in [3.8, 4) is 0 Å². The summed E-state index contributed by atoms with van der Waals surface area (Å²) in [5.74, 6) is 0.764. The fourth-order valence-corrected chi connectivity index (χ4v) is 4.77. The zero-order valence-electron chi connectivity index (χ0n) is 17.7. The number of hydrogen-bond acceptors (Lipinski definition) is 1. The molecule has 1 nitrogen and oxygen atoms in total. The van der Waals surface area contributed by atoms with Crippen LogP contribution in [0.1, 0.15) is 98.8 Å². The Morgan fingerprint density at radius 3 is 2.08 bits per heavy atom. The first-order chi connectivity index (χ1) is 11.2. The molecule has 0 unspecified atom stereocenters. The van der Waals surface area contributed by atoms with Crippen molar-refractivity contribution in [1.82, 2.24) is 0 Å². The average Bonchev–Trinajstić information content (AvgIpc) is 2.80. The van der Waals surface area contributed by atoms with Gasteiger partial charge in [0.15, 0.2) is 8.32 Å². The van der Waals surface area contributed by atoms with Gasteiger partial charge in [-0.15, -0.1) is 0 Å². The lowest BCUT2D eigenvalue weighted by Gasteiger charge is -2.39. The van der Waals surface area contributed by atoms with Crippen LogP contribution in [0.25, 0.3) is 0 Å². The predicted octanol–water partition coefficient (Wildman–Crippen LogP) is 7.87. The van der Waals surface area contributed by atoms with E-state index in [1.165, 1.54) is 69.8 Å². The van der Waals surface area contributed by atoms with Gasteiger partial charge in [0.05, 0.1) is 6.10 Å². The lowest BCUT2D eigenvalue weighted by Crippen LogP contribution is -2.43. The van der Waals surface area contributed by atoms with Gasteiger partial charge in [0.2, 0.25) is 0 Å². The van der Waals surface area contributed by atoms with Gasteiger partial charge in [-0.2, -0.15) is 0 Å². The van der Waals surface area contributed by atoms with E-state index in [0.29, 0.717) is 11.1 Å². The van der Waals surface area contributed by atoms with Crippen molar-refractivity contribution in [2.45, 2.75) is 123 Å². The molecular weight excluding hydrogens is 308 g/mol. The van der Waals surface area contributed by atoms with Crippen LogP contribution >= 0.6 is 0 Å². The van der Waals surface area contributed by atoms with Gasteiger partial charge in [-0.1, -0.05) is 85.1 Å². The van der Waals surface area contributed by atoms with Crippen molar-refractivity contribution in [3.05, 3.63) is 11.6 Å². The van der Waals surface area contributed by atoms with Crippen molar-refractivity contribution >= 4 is 8.32 Å². The smallest absolute Gasteiger partial charge is 0.192 e. The first-order valence-electron chi connectivity index (χ1n) is 10.5. The molecule has 2 heteroatoms. The van der Waals surface area contributed by atoms with E-state index in [9.17, 15) is 0 Å². The highest BCUT2D eigenvalue weighted by molar-refractivity contribution is 6.74. The van der Waals surface area contributed by atoms with E-state index >= 15 is 0 Å². The van der Waals surface area contributed by atoms with Crippen LogP contribution in [0.4, 0.5) is 0 Å². The van der Waals surface area contributed by atoms with Crippen molar-refractivity contribution in [1.29, 1.82) is 0 Å². The van der Waals surface area contributed by atoms with Crippen LogP contribution in [0.2, 0.25) is 18.1 Å². The molecule has 142 valence electrons. The Morgan fingerprint density at radius 1 is 1.00 bits per heavy atom. The molecule has 0 bridgehead atoms. The monoisotopic (exact) mass is 352 g/mol. The highest BCUT2D eigenvalue weighted by Gasteiger charge is 2.40. The van der Waals surface area contributed by atoms with E-state index in [4.69, 9.17) is 4.43 Å². The molecule has 24 heavy (non-hydrogen) atoms. The van der Waals surface area contributed by atoms with Crippen LogP contribution in [0.5, 0.6) is 0 Å². The van der Waals surface area contributed by atoms with Gasteiger partial charge in [0, 0.05) is 0 Å². The quantitative estimate of drug-likeness (QED) is 0.209. The Balaban J connectivity index is 2.22. The van der Waals surface area contributed by atoms with Crippen molar-refractivity contribution in [2.75, 3.05) is 0 Å². The number of hydrogen-bond donors (Lipinski definition) is 0. The standard InChI is InChI=1S/C22H44OSi/c1-8-9-10-11-12-13-14-15-16-20-17-19(2)21(18-20)23-24(6,7)22(3,4)5/h17,20-21H,8-16,18H2,1-7H3/t20-,21+/m1/s1. The van der Waals surface area contributed by atoms with Crippen LogP contribution in [-0.4, -0.2) is 14.4 Å². The summed E-state index contributed by atoms with van der Waals surface area (Å²) in [6, 6.07) is 0. The first kappa shape index (κ1) is 22.0. The zero-order chi connectivity index (χ0) is 18.2. The number of rotatable bonds is 11. The Labute approximate surface area is 153 Å². The normalized spacial score (nSPS) is 22.0. The van der Waals surface area contributed by atoms with Gasteiger partial charge >= 0.3 is 0 Å². The minimum atomic E-state index is -1.64. The minimum absolute atomic E-state index is 0.309. The maximum absolute atomic E-state index is 6.66. The van der Waals surface area contributed by atoms with Crippen LogP contribution < -0.4 is 0 Å². The van der Waals surface area contributed by atoms with Crippen LogP contribution in [0.3, 0.4) is 0 Å². The molecule has 1 aliphatic rings. The summed E-state index contributed by atoms with van der Waals surface area (Å²) in [4.78, 5) is 0. The number of unbranched alkanes of at least 4 members (excludes halogenated alkanes) is 7. The van der Waals surface area contributed by atoms with Crippen molar-refractivity contribution in [3.63, 3.8) is 0 Å². The molecular formula is C22H44OSi. The van der Waals surface area contributed by atoms with Crippen molar-refractivity contribution in [2.24, 2.45) is 5.92 Å². The topological polar surface area (TPSA) is 9.23 Å². The van der Waals surface area contributed by atoms with Crippen LogP contribution in [0, 0.1) is 5.92 Å². The second-order valence-corrected chi connectivity index (χ2v) is 14.3. The molecule has 0 saturated carbocycles. The lowest BCUT2D eigenvalue weighted by atomic mass is 9.99. The average molecular weight is 353 g/mol. The molecule has 0 aliphatic heterocycles. The molecule has 0 N–H and O–H groups in total. The van der Waals surface area contributed by atoms with Gasteiger partial charge in [0.1, 0.15) is 0 Å². The van der Waals surface area contributed by atoms with Gasteiger partial charge in [-0.3, -0.25) is 0 Å².